The van der Waals surface area contributed by atoms with Crippen LogP contribution in [0.2, 0.25) is 0 Å². The van der Waals surface area contributed by atoms with Crippen LogP contribution in [0.4, 0.5) is 0 Å². The highest BCUT2D eigenvalue weighted by Gasteiger charge is 1.86. The Balaban J connectivity index is 2.61. The number of hydrogen-bond acceptors (Lipinski definition) is 0. The molecule has 0 amide bonds. The monoisotopic (exact) mass is 139 g/mol. The molecular weight excluding hydrogens is 131 g/mol. The third-order valence-electron chi connectivity index (χ3n) is 1.12. The van der Waals surface area contributed by atoms with Crippen LogP contribution in [0.25, 0.3) is 0 Å². The highest BCUT2D eigenvalue weighted by Crippen LogP contribution is 2.13. The molecule has 0 aliphatic heterocycles. The van der Waals surface area contributed by atoms with Crippen molar-refractivity contribution in [3.8, 4) is 0 Å². The number of rotatable bonds is 2. The molecule has 0 spiro atoms. The second-order valence-corrected chi connectivity index (χ2v) is 2.45. The zero-order valence-corrected chi connectivity index (χ0v) is 6.00. The Bertz CT molecular complexity index is 162. The average Bonchev–Trinajstić information content (AvgIpc) is 1.91. The maximum absolute atomic E-state index is 10.1. The van der Waals surface area contributed by atoms with Crippen molar-refractivity contribution >= 4 is 8.81 Å². The SMILES string of the molecule is [O]PCc1ccccc1. The summed E-state index contributed by atoms with van der Waals surface area (Å²) in [6.45, 7) is 0. The van der Waals surface area contributed by atoms with Crippen LogP contribution in [0.3, 0.4) is 0 Å². The van der Waals surface area contributed by atoms with Gasteiger partial charge in [0.2, 0.25) is 0 Å². The van der Waals surface area contributed by atoms with Gasteiger partial charge in [-0.05, 0) is 5.56 Å². The molecule has 0 aliphatic rings. The fraction of sp³-hybridized carbons (Fsp3) is 0.143. The van der Waals surface area contributed by atoms with Crippen LogP contribution < -0.4 is 0 Å². The van der Waals surface area contributed by atoms with E-state index in [1.807, 2.05) is 30.3 Å². The smallest absolute Gasteiger partial charge is 0.0613 e. The van der Waals surface area contributed by atoms with Gasteiger partial charge >= 0.3 is 0 Å². The van der Waals surface area contributed by atoms with Crippen molar-refractivity contribution in [2.24, 2.45) is 0 Å². The molecule has 1 unspecified atom stereocenters. The van der Waals surface area contributed by atoms with E-state index in [1.165, 1.54) is 0 Å². The largest absolute Gasteiger partial charge is 0.215 e. The van der Waals surface area contributed by atoms with E-state index in [1.54, 1.807) is 0 Å². The van der Waals surface area contributed by atoms with Gasteiger partial charge in [0.15, 0.2) is 0 Å². The molecule has 0 aromatic heterocycles. The average molecular weight is 139 g/mol. The minimum Gasteiger partial charge on any atom is -0.215 e. The molecular formula is C7H8OP. The van der Waals surface area contributed by atoms with Crippen molar-refractivity contribution < 1.29 is 4.89 Å². The van der Waals surface area contributed by atoms with E-state index in [9.17, 15) is 4.89 Å². The van der Waals surface area contributed by atoms with Crippen molar-refractivity contribution in [2.45, 2.75) is 6.16 Å². The summed E-state index contributed by atoms with van der Waals surface area (Å²) in [5.74, 6) is 0. The van der Waals surface area contributed by atoms with Gasteiger partial charge in [0.25, 0.3) is 0 Å². The Morgan fingerprint density at radius 2 is 1.89 bits per heavy atom. The predicted octanol–water partition coefficient (Wildman–Crippen LogP) is 2.21. The molecule has 1 aromatic rings. The van der Waals surface area contributed by atoms with Gasteiger partial charge in [-0.15, -0.1) is 0 Å². The van der Waals surface area contributed by atoms with E-state index < -0.39 is 0 Å². The lowest BCUT2D eigenvalue weighted by Crippen LogP contribution is -1.73. The first-order valence-corrected chi connectivity index (χ1v) is 3.94. The lowest BCUT2D eigenvalue weighted by Gasteiger charge is -1.91. The van der Waals surface area contributed by atoms with Crippen LogP contribution in [0.5, 0.6) is 0 Å². The molecule has 0 fully saturated rings. The topological polar surface area (TPSA) is 19.9 Å². The van der Waals surface area contributed by atoms with E-state index in [4.69, 9.17) is 0 Å². The highest BCUT2D eigenvalue weighted by molar-refractivity contribution is 7.29. The van der Waals surface area contributed by atoms with Crippen molar-refractivity contribution in [1.29, 1.82) is 0 Å². The zero-order valence-electron chi connectivity index (χ0n) is 5.00. The quantitative estimate of drug-likeness (QED) is 0.560. The van der Waals surface area contributed by atoms with Crippen molar-refractivity contribution in [3.05, 3.63) is 35.9 Å². The van der Waals surface area contributed by atoms with Crippen molar-refractivity contribution in [1.82, 2.24) is 0 Å². The van der Waals surface area contributed by atoms with Crippen LogP contribution in [0.1, 0.15) is 5.56 Å². The van der Waals surface area contributed by atoms with Crippen LogP contribution in [0.15, 0.2) is 30.3 Å². The second-order valence-electron chi connectivity index (χ2n) is 1.81. The summed E-state index contributed by atoms with van der Waals surface area (Å²) in [5.41, 5.74) is 1.14. The molecule has 0 heterocycles. The maximum Gasteiger partial charge on any atom is 0.0613 e. The Hall–Kier alpha value is -0.390. The number of benzene rings is 1. The molecule has 9 heavy (non-hydrogen) atoms. The molecule has 0 N–H and O–H groups in total. The van der Waals surface area contributed by atoms with Crippen LogP contribution in [0, 0.1) is 0 Å². The van der Waals surface area contributed by atoms with E-state index in [0.717, 1.165) is 5.56 Å². The molecule has 1 rings (SSSR count). The summed E-state index contributed by atoms with van der Waals surface area (Å²) in [6, 6.07) is 9.82. The van der Waals surface area contributed by atoms with E-state index >= 15 is 0 Å². The minimum absolute atomic E-state index is 0.215. The molecule has 1 radical (unpaired) electrons. The molecule has 47 valence electrons. The summed E-state index contributed by atoms with van der Waals surface area (Å²) in [7, 11) is -0.215. The molecule has 2 heteroatoms. The van der Waals surface area contributed by atoms with Gasteiger partial charge in [-0.25, -0.2) is 4.89 Å². The summed E-state index contributed by atoms with van der Waals surface area (Å²) < 4.78 is 0. The van der Waals surface area contributed by atoms with Crippen LogP contribution >= 0.6 is 8.81 Å². The Labute approximate surface area is 56.6 Å². The van der Waals surface area contributed by atoms with Gasteiger partial charge in [-0.3, -0.25) is 0 Å². The van der Waals surface area contributed by atoms with Gasteiger partial charge in [-0.1, -0.05) is 30.3 Å². The van der Waals surface area contributed by atoms with Crippen molar-refractivity contribution in [3.63, 3.8) is 0 Å². The highest BCUT2D eigenvalue weighted by atomic mass is 31.1. The molecule has 0 aliphatic carbocycles. The summed E-state index contributed by atoms with van der Waals surface area (Å²) in [5, 5.41) is 0. The van der Waals surface area contributed by atoms with E-state index in [-0.39, 0.29) is 8.81 Å². The second kappa shape index (κ2) is 3.60. The first kappa shape index (κ1) is 6.73. The van der Waals surface area contributed by atoms with Gasteiger partial charge in [0.1, 0.15) is 0 Å². The van der Waals surface area contributed by atoms with Gasteiger partial charge in [0.05, 0.1) is 8.81 Å². The van der Waals surface area contributed by atoms with Gasteiger partial charge in [-0.2, -0.15) is 0 Å². The van der Waals surface area contributed by atoms with Crippen LogP contribution in [-0.2, 0) is 11.1 Å². The first-order valence-electron chi connectivity index (χ1n) is 2.82. The maximum atomic E-state index is 10.1. The Morgan fingerprint density at radius 3 is 2.44 bits per heavy atom. The first-order chi connectivity index (χ1) is 4.43. The van der Waals surface area contributed by atoms with Gasteiger partial charge in [0, 0.05) is 6.16 Å². The minimum atomic E-state index is -0.215. The van der Waals surface area contributed by atoms with Crippen molar-refractivity contribution in [2.75, 3.05) is 0 Å². The molecule has 1 aromatic carbocycles. The Kier molecular flexibility index (Phi) is 2.69. The molecule has 0 saturated carbocycles. The molecule has 1 atom stereocenters. The molecule has 0 bridgehead atoms. The predicted molar refractivity (Wildman–Crippen MR) is 39.1 cm³/mol. The third-order valence-corrected chi connectivity index (χ3v) is 1.67. The lowest BCUT2D eigenvalue weighted by molar-refractivity contribution is 0.513. The molecule has 0 saturated heterocycles. The fourth-order valence-electron chi connectivity index (χ4n) is 0.679. The third kappa shape index (κ3) is 2.13. The summed E-state index contributed by atoms with van der Waals surface area (Å²) in [4.78, 5) is 10.1. The normalized spacial score (nSPS) is 10.8. The zero-order chi connectivity index (χ0) is 6.53. The van der Waals surface area contributed by atoms with E-state index in [2.05, 4.69) is 0 Å². The van der Waals surface area contributed by atoms with E-state index in [0.29, 0.717) is 6.16 Å². The standard InChI is InChI=1S/C7H8OP/c8-9-6-7-4-2-1-3-5-7/h1-5,9H,6H2. The summed E-state index contributed by atoms with van der Waals surface area (Å²) >= 11 is 0. The Morgan fingerprint density at radius 1 is 1.22 bits per heavy atom. The molecule has 1 nitrogen and oxygen atoms in total. The van der Waals surface area contributed by atoms with Gasteiger partial charge < -0.3 is 0 Å². The fourth-order valence-corrected chi connectivity index (χ4v) is 1.08. The summed E-state index contributed by atoms with van der Waals surface area (Å²) in [6.07, 6.45) is 0.681. The number of hydrogen-bond donors (Lipinski definition) is 0. The van der Waals surface area contributed by atoms with Crippen LogP contribution in [-0.4, -0.2) is 0 Å². The lowest BCUT2D eigenvalue weighted by atomic mass is 10.2.